The first-order valence-corrected chi connectivity index (χ1v) is 9.20. The van der Waals surface area contributed by atoms with Gasteiger partial charge in [-0.25, -0.2) is 4.79 Å². The predicted octanol–water partition coefficient (Wildman–Crippen LogP) is 3.62. The average molecular weight is 388 g/mol. The first-order valence-electron chi connectivity index (χ1n) is 9.20. The third kappa shape index (κ3) is 3.16. The van der Waals surface area contributed by atoms with Crippen LogP contribution in [0.15, 0.2) is 65.4 Å². The van der Waals surface area contributed by atoms with Gasteiger partial charge in [-0.3, -0.25) is 4.79 Å². The molecule has 0 bridgehead atoms. The number of rotatable bonds is 4. The summed E-state index contributed by atoms with van der Waals surface area (Å²) >= 11 is 0. The lowest BCUT2D eigenvalue weighted by Gasteiger charge is -2.11. The molecule has 1 amide bonds. The zero-order chi connectivity index (χ0) is 20.7. The molecule has 3 N–H and O–H groups in total. The van der Waals surface area contributed by atoms with E-state index in [0.29, 0.717) is 11.3 Å². The van der Waals surface area contributed by atoms with Crippen LogP contribution in [0.1, 0.15) is 35.8 Å². The van der Waals surface area contributed by atoms with E-state index in [4.69, 9.17) is 10.8 Å². The Morgan fingerprint density at radius 2 is 1.83 bits per heavy atom. The smallest absolute Gasteiger partial charge is 0.335 e. The second kappa shape index (κ2) is 6.94. The number of amides is 1. The van der Waals surface area contributed by atoms with Crippen molar-refractivity contribution in [3.8, 4) is 0 Å². The Morgan fingerprint density at radius 1 is 1.14 bits per heavy atom. The molecule has 3 aromatic rings. The van der Waals surface area contributed by atoms with Crippen LogP contribution < -0.4 is 10.7 Å². The minimum atomic E-state index is -1.03. The van der Waals surface area contributed by atoms with E-state index in [1.807, 2.05) is 30.5 Å². The molecule has 1 aromatic heterocycles. The summed E-state index contributed by atoms with van der Waals surface area (Å²) in [6.45, 7) is 4.20. The van der Waals surface area contributed by atoms with Crippen LogP contribution in [0.25, 0.3) is 17.0 Å². The molecule has 4 rings (SSSR count). The first kappa shape index (κ1) is 18.5. The lowest BCUT2D eigenvalue weighted by molar-refractivity contribution is -0.114. The molecular formula is C22H20N4O3. The number of amidine groups is 1. The summed E-state index contributed by atoms with van der Waals surface area (Å²) in [5.41, 5.74) is 8.91. The number of aromatic carboxylic acids is 1. The van der Waals surface area contributed by atoms with E-state index < -0.39 is 5.97 Å². The van der Waals surface area contributed by atoms with Gasteiger partial charge in [0.1, 0.15) is 0 Å². The number of nitrogens with two attached hydrogens (primary N) is 1. The minimum Gasteiger partial charge on any atom is -0.478 e. The summed E-state index contributed by atoms with van der Waals surface area (Å²) in [6.07, 6.45) is 3.77. The maximum absolute atomic E-state index is 13.0. The van der Waals surface area contributed by atoms with Crippen LogP contribution in [0.5, 0.6) is 0 Å². The first-order chi connectivity index (χ1) is 13.9. The Hall–Kier alpha value is -3.87. The van der Waals surface area contributed by atoms with Crippen molar-refractivity contribution < 1.29 is 14.7 Å². The zero-order valence-corrected chi connectivity index (χ0v) is 16.0. The van der Waals surface area contributed by atoms with Gasteiger partial charge in [-0.1, -0.05) is 18.2 Å². The highest BCUT2D eigenvalue weighted by Gasteiger charge is 2.30. The number of benzene rings is 2. The van der Waals surface area contributed by atoms with Crippen molar-refractivity contribution in [3.63, 3.8) is 0 Å². The van der Waals surface area contributed by atoms with E-state index in [-0.39, 0.29) is 23.3 Å². The number of aromatic nitrogens is 1. The predicted molar refractivity (Wildman–Crippen MR) is 113 cm³/mol. The fraction of sp³-hybridized carbons (Fsp3) is 0.136. The van der Waals surface area contributed by atoms with Gasteiger partial charge >= 0.3 is 5.97 Å². The van der Waals surface area contributed by atoms with Crippen LogP contribution in [0.4, 0.5) is 5.69 Å². The molecule has 7 heteroatoms. The molecule has 1 aliphatic rings. The second-order valence-electron chi connectivity index (χ2n) is 7.11. The van der Waals surface area contributed by atoms with Gasteiger partial charge in [0.05, 0.1) is 16.8 Å². The number of fused-ring (bicyclic) bond motifs is 1. The molecule has 0 aliphatic carbocycles. The molecule has 2 aromatic carbocycles. The Morgan fingerprint density at radius 3 is 2.48 bits per heavy atom. The van der Waals surface area contributed by atoms with Crippen molar-refractivity contribution in [1.82, 2.24) is 4.57 Å². The van der Waals surface area contributed by atoms with Gasteiger partial charge < -0.3 is 15.4 Å². The Kier molecular flexibility index (Phi) is 4.43. The molecule has 0 spiro atoms. The fourth-order valence-electron chi connectivity index (χ4n) is 3.42. The van der Waals surface area contributed by atoms with Crippen molar-refractivity contribution in [2.45, 2.75) is 19.9 Å². The highest BCUT2D eigenvalue weighted by Crippen LogP contribution is 2.29. The molecule has 146 valence electrons. The highest BCUT2D eigenvalue weighted by molar-refractivity contribution is 6.32. The van der Waals surface area contributed by atoms with Gasteiger partial charge in [-0.2, -0.15) is 5.01 Å². The average Bonchev–Trinajstić information content (AvgIpc) is 3.21. The van der Waals surface area contributed by atoms with Crippen molar-refractivity contribution in [2.24, 2.45) is 10.8 Å². The summed E-state index contributed by atoms with van der Waals surface area (Å²) in [7, 11) is 0. The summed E-state index contributed by atoms with van der Waals surface area (Å²) in [4.78, 5) is 24.0. The van der Waals surface area contributed by atoms with Crippen LogP contribution in [0, 0.1) is 0 Å². The van der Waals surface area contributed by atoms with Crippen molar-refractivity contribution in [2.75, 3.05) is 5.01 Å². The molecule has 0 radical (unpaired) electrons. The summed E-state index contributed by atoms with van der Waals surface area (Å²) in [6, 6.07) is 14.2. The molecule has 0 saturated heterocycles. The number of hydrazone groups is 1. The van der Waals surface area contributed by atoms with Gasteiger partial charge in [-0.05, 0) is 50.3 Å². The minimum absolute atomic E-state index is 0.124. The number of hydrogen-bond acceptors (Lipinski definition) is 4. The van der Waals surface area contributed by atoms with Crippen LogP contribution in [-0.2, 0) is 4.79 Å². The van der Waals surface area contributed by atoms with Gasteiger partial charge in [0, 0.05) is 28.7 Å². The number of hydrogen-bond donors (Lipinski definition) is 2. The lowest BCUT2D eigenvalue weighted by atomic mass is 10.1. The molecule has 0 atom stereocenters. The van der Waals surface area contributed by atoms with Gasteiger partial charge in [-0.15, -0.1) is 5.10 Å². The molecular weight excluding hydrogens is 368 g/mol. The molecule has 7 nitrogen and oxygen atoms in total. The van der Waals surface area contributed by atoms with Crippen molar-refractivity contribution >= 4 is 40.4 Å². The maximum Gasteiger partial charge on any atom is 0.335 e. The Balaban J connectivity index is 1.73. The number of nitrogens with zero attached hydrogens (tertiary/aromatic N) is 3. The normalized spacial score (nSPS) is 15.6. The standard InChI is InChI=1S/C22H20N4O3/c1-13(2)25-12-15(17-5-3-4-6-19(17)25)11-18-20(23)24-26(21(18)27)16-9-7-14(8-10-16)22(28)29/h3-13H,1-2H3,(H2,23,24)(H,28,29)/b18-11-. The zero-order valence-electron chi connectivity index (χ0n) is 16.0. The molecule has 29 heavy (non-hydrogen) atoms. The van der Waals surface area contributed by atoms with E-state index in [1.54, 1.807) is 6.08 Å². The number of para-hydroxylation sites is 1. The molecule has 1 aliphatic heterocycles. The number of carbonyl (C=O) groups excluding carboxylic acids is 1. The number of carboxylic acid groups (broad SMARTS) is 1. The Labute approximate surface area is 167 Å². The van der Waals surface area contributed by atoms with E-state index in [0.717, 1.165) is 16.5 Å². The second-order valence-corrected chi connectivity index (χ2v) is 7.11. The van der Waals surface area contributed by atoms with Gasteiger partial charge in [0.2, 0.25) is 0 Å². The van der Waals surface area contributed by atoms with E-state index >= 15 is 0 Å². The van der Waals surface area contributed by atoms with Crippen LogP contribution >= 0.6 is 0 Å². The van der Waals surface area contributed by atoms with Crippen molar-refractivity contribution in [3.05, 3.63) is 71.4 Å². The van der Waals surface area contributed by atoms with Gasteiger partial charge in [0.15, 0.2) is 5.84 Å². The fourth-order valence-corrected chi connectivity index (χ4v) is 3.42. The van der Waals surface area contributed by atoms with E-state index in [2.05, 4.69) is 23.5 Å². The summed E-state index contributed by atoms with van der Waals surface area (Å²) < 4.78 is 2.15. The molecule has 0 fully saturated rings. The largest absolute Gasteiger partial charge is 0.478 e. The third-order valence-corrected chi connectivity index (χ3v) is 4.89. The number of carbonyl (C=O) groups is 2. The summed E-state index contributed by atoms with van der Waals surface area (Å²) in [5.74, 6) is -1.26. The SMILES string of the molecule is CC(C)n1cc(/C=C2\C(=O)N(c3ccc(C(=O)O)cc3)N=C2N)c2ccccc21. The van der Waals surface area contributed by atoms with Crippen LogP contribution in [-0.4, -0.2) is 27.4 Å². The van der Waals surface area contributed by atoms with E-state index in [1.165, 1.54) is 29.3 Å². The highest BCUT2D eigenvalue weighted by atomic mass is 16.4. The number of carboxylic acids is 1. The van der Waals surface area contributed by atoms with Crippen molar-refractivity contribution in [1.29, 1.82) is 0 Å². The number of anilines is 1. The topological polar surface area (TPSA) is 101 Å². The quantitative estimate of drug-likeness (QED) is 0.667. The Bertz CT molecular complexity index is 1190. The monoisotopic (exact) mass is 388 g/mol. The maximum atomic E-state index is 13.0. The van der Waals surface area contributed by atoms with Crippen LogP contribution in [0.3, 0.4) is 0 Å². The van der Waals surface area contributed by atoms with Gasteiger partial charge in [0.25, 0.3) is 5.91 Å². The molecule has 2 heterocycles. The third-order valence-electron chi connectivity index (χ3n) is 4.89. The lowest BCUT2D eigenvalue weighted by Crippen LogP contribution is -2.22. The van der Waals surface area contributed by atoms with Crippen LogP contribution in [0.2, 0.25) is 0 Å². The van der Waals surface area contributed by atoms with E-state index in [9.17, 15) is 9.59 Å². The molecule has 0 saturated carbocycles. The molecule has 0 unspecified atom stereocenters. The summed E-state index contributed by atoms with van der Waals surface area (Å²) in [5, 5.41) is 15.4.